The Balaban J connectivity index is 3.33. The summed E-state index contributed by atoms with van der Waals surface area (Å²) in [5.74, 6) is -1.11. The molecule has 156 valence electrons. The zero-order chi connectivity index (χ0) is 21.0. The van der Waals surface area contributed by atoms with Crippen LogP contribution < -0.4 is 15.6 Å². The van der Waals surface area contributed by atoms with Crippen LogP contribution in [0.5, 0.6) is 0 Å². The molecule has 0 saturated heterocycles. The summed E-state index contributed by atoms with van der Waals surface area (Å²) in [6.45, 7) is 3.84. The van der Waals surface area contributed by atoms with E-state index in [1.165, 1.54) is 6.92 Å². The highest BCUT2D eigenvalue weighted by atomic mass is 79.9. The van der Waals surface area contributed by atoms with Gasteiger partial charge in [-0.05, 0) is 22.9 Å². The molecular formula is C15H24BrF4N4OSSi-. The summed E-state index contributed by atoms with van der Waals surface area (Å²) >= 11 is 3.24. The van der Waals surface area contributed by atoms with Crippen LogP contribution in [0.1, 0.15) is 26.5 Å². The third kappa shape index (κ3) is 6.77. The fraction of sp³-hybridized carbons (Fsp3) is 0.667. The molecule has 0 aliphatic heterocycles. The number of rotatable bonds is 8. The molecule has 0 aromatic carbocycles. The molecule has 0 bridgehead atoms. The zero-order valence-electron chi connectivity index (χ0n) is 15.6. The molecule has 0 saturated carbocycles. The van der Waals surface area contributed by atoms with Crippen LogP contribution in [-0.4, -0.2) is 43.5 Å². The van der Waals surface area contributed by atoms with Crippen LogP contribution in [0.2, 0.25) is 12.1 Å². The summed E-state index contributed by atoms with van der Waals surface area (Å²) in [7, 11) is -3.56. The first-order valence-electron chi connectivity index (χ1n) is 8.23. The van der Waals surface area contributed by atoms with Gasteiger partial charge in [0.2, 0.25) is 0 Å². The van der Waals surface area contributed by atoms with Crippen LogP contribution >= 0.6 is 15.9 Å². The number of nitrogens with zero attached hydrogens (tertiary/aromatic N) is 2. The Morgan fingerprint density at radius 3 is 2.37 bits per heavy atom. The number of nitrogens with two attached hydrogens (primary N) is 1. The Labute approximate surface area is 167 Å². The van der Waals surface area contributed by atoms with Gasteiger partial charge < -0.3 is 5.73 Å². The maximum atomic E-state index is 15.2. The monoisotopic (exact) mass is 491 g/mol. The highest BCUT2D eigenvalue weighted by Gasteiger charge is 2.35. The summed E-state index contributed by atoms with van der Waals surface area (Å²) in [4.78, 5) is 4.10. The van der Waals surface area contributed by atoms with Crippen molar-refractivity contribution in [3.05, 3.63) is 22.2 Å². The average Bonchev–Trinajstić information content (AvgIpc) is 2.56. The van der Waals surface area contributed by atoms with Gasteiger partial charge in [0.15, 0.2) is 0 Å². The Kier molecular flexibility index (Phi) is 8.42. The largest absolute Gasteiger partial charge is 0.402 e. The SMILES string of the molecule is CC[Si-](CC)c1cc(Br)nc(C(C)(N)CS(=O)(=NC)NCC(F)(F)F)c1F. The lowest BCUT2D eigenvalue weighted by atomic mass is 10.0. The number of pyridine rings is 1. The van der Waals surface area contributed by atoms with Crippen molar-refractivity contribution in [2.45, 2.75) is 44.6 Å². The van der Waals surface area contributed by atoms with Crippen molar-refractivity contribution >= 4 is 39.8 Å². The minimum Gasteiger partial charge on any atom is -0.319 e. The number of aromatic nitrogens is 1. The minimum absolute atomic E-state index is 0.138. The van der Waals surface area contributed by atoms with Gasteiger partial charge in [-0.3, -0.25) is 8.80 Å². The van der Waals surface area contributed by atoms with Crippen molar-refractivity contribution in [3.63, 3.8) is 0 Å². The van der Waals surface area contributed by atoms with Crippen LogP contribution in [0.15, 0.2) is 15.0 Å². The smallest absolute Gasteiger partial charge is 0.319 e. The van der Waals surface area contributed by atoms with Crippen molar-refractivity contribution in [1.82, 2.24) is 9.71 Å². The molecule has 0 radical (unpaired) electrons. The Morgan fingerprint density at radius 2 is 1.93 bits per heavy atom. The second-order valence-electron chi connectivity index (χ2n) is 6.29. The first-order valence-corrected chi connectivity index (χ1v) is 12.6. The quantitative estimate of drug-likeness (QED) is 0.333. The van der Waals surface area contributed by atoms with Gasteiger partial charge in [-0.25, -0.2) is 22.7 Å². The number of hydrogen-bond acceptors (Lipinski definition) is 4. The maximum absolute atomic E-state index is 15.2. The molecule has 1 heterocycles. The molecule has 3 N–H and O–H groups in total. The number of nitrogens with one attached hydrogen (secondary N) is 1. The summed E-state index contributed by atoms with van der Waals surface area (Å²) < 4.78 is 71.1. The van der Waals surface area contributed by atoms with E-state index < -0.39 is 48.5 Å². The topological polar surface area (TPSA) is 80.4 Å². The molecule has 2 atom stereocenters. The van der Waals surface area contributed by atoms with Gasteiger partial charge in [0.05, 0.1) is 17.0 Å². The van der Waals surface area contributed by atoms with E-state index in [1.807, 2.05) is 18.6 Å². The predicted molar refractivity (Wildman–Crippen MR) is 105 cm³/mol. The van der Waals surface area contributed by atoms with Crippen LogP contribution in [0.3, 0.4) is 0 Å². The lowest BCUT2D eigenvalue weighted by molar-refractivity contribution is -0.121. The van der Waals surface area contributed by atoms with E-state index in [0.717, 1.165) is 19.1 Å². The van der Waals surface area contributed by atoms with E-state index in [4.69, 9.17) is 5.73 Å². The third-order valence-electron chi connectivity index (χ3n) is 3.99. The van der Waals surface area contributed by atoms with Gasteiger partial charge in [0, 0.05) is 7.05 Å². The fourth-order valence-corrected chi connectivity index (χ4v) is 6.96. The van der Waals surface area contributed by atoms with E-state index in [2.05, 4.69) is 25.3 Å². The molecule has 1 rings (SSSR count). The van der Waals surface area contributed by atoms with Crippen molar-refractivity contribution in [2.75, 3.05) is 19.3 Å². The van der Waals surface area contributed by atoms with E-state index in [1.54, 1.807) is 6.07 Å². The molecule has 5 nitrogen and oxygen atoms in total. The molecule has 1 aromatic rings. The lowest BCUT2D eigenvalue weighted by Gasteiger charge is -2.33. The van der Waals surface area contributed by atoms with Crippen molar-refractivity contribution in [1.29, 1.82) is 0 Å². The van der Waals surface area contributed by atoms with Gasteiger partial charge >= 0.3 is 6.18 Å². The Bertz CT molecular complexity index is 778. The van der Waals surface area contributed by atoms with Gasteiger partial charge in [-0.2, -0.15) is 30.4 Å². The van der Waals surface area contributed by atoms with Gasteiger partial charge in [-0.1, -0.05) is 19.9 Å². The first kappa shape index (κ1) is 24.5. The Morgan fingerprint density at radius 1 is 1.37 bits per heavy atom. The number of hydrogen-bond donors (Lipinski definition) is 2. The molecule has 0 aliphatic carbocycles. The summed E-state index contributed by atoms with van der Waals surface area (Å²) in [6, 6.07) is 3.20. The molecule has 2 unspecified atom stereocenters. The summed E-state index contributed by atoms with van der Waals surface area (Å²) in [6.07, 6.45) is -4.57. The molecule has 0 aliphatic rings. The van der Waals surface area contributed by atoms with Gasteiger partial charge in [0.25, 0.3) is 0 Å². The summed E-state index contributed by atoms with van der Waals surface area (Å²) in [5, 5.41) is 0.515. The second kappa shape index (κ2) is 9.29. The van der Waals surface area contributed by atoms with Crippen LogP contribution in [0.4, 0.5) is 17.6 Å². The molecule has 0 spiro atoms. The molecule has 27 heavy (non-hydrogen) atoms. The molecular weight excluding hydrogens is 468 g/mol. The average molecular weight is 492 g/mol. The zero-order valence-corrected chi connectivity index (χ0v) is 19.0. The lowest BCUT2D eigenvalue weighted by Crippen LogP contribution is -2.48. The predicted octanol–water partition coefficient (Wildman–Crippen LogP) is 3.06. The van der Waals surface area contributed by atoms with Crippen LogP contribution in [0, 0.1) is 5.82 Å². The molecule has 12 heteroatoms. The standard InChI is InChI=1S/C15H24BrF4N4OSSi/c1-5-27(6-2)10-7-11(16)24-13(12(10)17)14(3,21)9-26(25,22-4)23-8-15(18,19)20/h7H,5-6,8-9,21H2,1-4H3,(H,22,23,25)/q-1. The minimum atomic E-state index is -4.57. The third-order valence-corrected chi connectivity index (χ3v) is 9.41. The van der Waals surface area contributed by atoms with E-state index >= 15 is 4.39 Å². The summed E-state index contributed by atoms with van der Waals surface area (Å²) in [5.41, 5.74) is 4.46. The van der Waals surface area contributed by atoms with Crippen molar-refractivity contribution < 1.29 is 21.8 Å². The molecule has 0 fully saturated rings. The van der Waals surface area contributed by atoms with E-state index in [0.29, 0.717) is 9.79 Å². The highest BCUT2D eigenvalue weighted by Crippen LogP contribution is 2.24. The fourth-order valence-electron chi connectivity index (χ4n) is 2.61. The van der Waals surface area contributed by atoms with Crippen LogP contribution in [0.25, 0.3) is 0 Å². The maximum Gasteiger partial charge on any atom is 0.402 e. The van der Waals surface area contributed by atoms with E-state index in [-0.39, 0.29) is 5.69 Å². The van der Waals surface area contributed by atoms with E-state index in [9.17, 15) is 17.4 Å². The van der Waals surface area contributed by atoms with Crippen molar-refractivity contribution in [3.8, 4) is 0 Å². The normalized spacial score (nSPS) is 16.5. The van der Waals surface area contributed by atoms with Gasteiger partial charge in [0.1, 0.15) is 26.9 Å². The van der Waals surface area contributed by atoms with Gasteiger partial charge in [-0.15, -0.1) is 0 Å². The molecule has 0 amide bonds. The van der Waals surface area contributed by atoms with Crippen LogP contribution in [-0.2, 0) is 15.5 Å². The van der Waals surface area contributed by atoms with Crippen molar-refractivity contribution in [2.24, 2.45) is 10.1 Å². The second-order valence-corrected chi connectivity index (χ2v) is 12.5. The molecule has 1 aromatic heterocycles. The highest BCUT2D eigenvalue weighted by molar-refractivity contribution is 9.10. The number of alkyl halides is 3. The Hall–Kier alpha value is -0.563. The number of halogens is 5. The first-order chi connectivity index (χ1) is 12.3.